The Morgan fingerprint density at radius 3 is 2.67 bits per heavy atom. The zero-order valence-corrected chi connectivity index (χ0v) is 14.9. The summed E-state index contributed by atoms with van der Waals surface area (Å²) in [5.41, 5.74) is 3.33. The molecule has 0 unspecified atom stereocenters. The van der Waals surface area contributed by atoms with Crippen LogP contribution in [0.4, 0.5) is 5.82 Å². The molecule has 2 heterocycles. The van der Waals surface area contributed by atoms with Gasteiger partial charge in [-0.25, -0.2) is 4.98 Å². The van der Waals surface area contributed by atoms with E-state index in [0.717, 1.165) is 22.5 Å². The Morgan fingerprint density at radius 2 is 1.85 bits per heavy atom. The van der Waals surface area contributed by atoms with E-state index in [1.807, 2.05) is 83.4 Å². The fraction of sp³-hybridized carbons (Fsp3) is 0.0909. The van der Waals surface area contributed by atoms with Gasteiger partial charge in [-0.05, 0) is 29.8 Å². The first-order valence-electron chi connectivity index (χ1n) is 8.70. The minimum atomic E-state index is -0.0870. The molecule has 0 aliphatic rings. The van der Waals surface area contributed by atoms with Gasteiger partial charge >= 0.3 is 0 Å². The van der Waals surface area contributed by atoms with Gasteiger partial charge in [0, 0.05) is 11.8 Å². The second kappa shape index (κ2) is 7.33. The predicted molar refractivity (Wildman–Crippen MR) is 106 cm³/mol. The van der Waals surface area contributed by atoms with Crippen molar-refractivity contribution in [2.75, 3.05) is 12.4 Å². The molecule has 0 atom stereocenters. The molecule has 2 aromatic carbocycles. The quantitative estimate of drug-likeness (QED) is 0.583. The number of hydrogen-bond donors (Lipinski definition) is 1. The molecule has 0 bridgehead atoms. The molecule has 0 saturated carbocycles. The van der Waals surface area contributed by atoms with E-state index in [0.29, 0.717) is 17.9 Å². The number of rotatable bonds is 5. The smallest absolute Gasteiger partial charge is 0.229 e. The summed E-state index contributed by atoms with van der Waals surface area (Å²) < 4.78 is 7.22. The van der Waals surface area contributed by atoms with Crippen molar-refractivity contribution < 1.29 is 9.53 Å². The summed E-state index contributed by atoms with van der Waals surface area (Å²) in [4.78, 5) is 17.4. The fourth-order valence-corrected chi connectivity index (χ4v) is 3.04. The van der Waals surface area contributed by atoms with Crippen LogP contribution in [0, 0.1) is 0 Å². The Balaban J connectivity index is 1.73. The Kier molecular flexibility index (Phi) is 4.58. The third-order valence-electron chi connectivity index (χ3n) is 4.34. The number of nitrogens with zero attached hydrogens (tertiary/aromatic N) is 2. The molecular weight excluding hydrogens is 338 g/mol. The summed E-state index contributed by atoms with van der Waals surface area (Å²) in [6, 6.07) is 23.1. The molecule has 0 fully saturated rings. The summed E-state index contributed by atoms with van der Waals surface area (Å²) in [5.74, 6) is 1.31. The molecule has 134 valence electrons. The third kappa shape index (κ3) is 3.53. The van der Waals surface area contributed by atoms with E-state index >= 15 is 0 Å². The summed E-state index contributed by atoms with van der Waals surface area (Å²) >= 11 is 0. The van der Waals surface area contributed by atoms with E-state index in [1.165, 1.54) is 0 Å². The SMILES string of the molecule is COc1cccc(-c2nc3ccccn3c2NC(=O)Cc2ccccc2)c1. The molecule has 0 saturated heterocycles. The van der Waals surface area contributed by atoms with Crippen LogP contribution in [0.5, 0.6) is 5.75 Å². The van der Waals surface area contributed by atoms with Gasteiger partial charge in [-0.2, -0.15) is 0 Å². The van der Waals surface area contributed by atoms with Crippen LogP contribution in [-0.2, 0) is 11.2 Å². The summed E-state index contributed by atoms with van der Waals surface area (Å²) in [5, 5.41) is 3.04. The molecule has 0 aliphatic carbocycles. The Labute approximate surface area is 157 Å². The van der Waals surface area contributed by atoms with Crippen molar-refractivity contribution in [3.63, 3.8) is 0 Å². The minimum absolute atomic E-state index is 0.0870. The number of hydrogen-bond acceptors (Lipinski definition) is 3. The first kappa shape index (κ1) is 16.8. The topological polar surface area (TPSA) is 55.6 Å². The van der Waals surface area contributed by atoms with Crippen LogP contribution in [-0.4, -0.2) is 22.4 Å². The summed E-state index contributed by atoms with van der Waals surface area (Å²) in [7, 11) is 1.63. The van der Waals surface area contributed by atoms with E-state index in [4.69, 9.17) is 9.72 Å². The lowest BCUT2D eigenvalue weighted by Gasteiger charge is -2.09. The number of pyridine rings is 1. The van der Waals surface area contributed by atoms with Gasteiger partial charge in [0.2, 0.25) is 5.91 Å². The Hall–Kier alpha value is -3.60. The number of nitrogens with one attached hydrogen (secondary N) is 1. The van der Waals surface area contributed by atoms with Crippen LogP contribution in [0.2, 0.25) is 0 Å². The van der Waals surface area contributed by atoms with Crippen LogP contribution in [0.25, 0.3) is 16.9 Å². The van der Waals surface area contributed by atoms with Crippen LogP contribution in [0.1, 0.15) is 5.56 Å². The summed E-state index contributed by atoms with van der Waals surface area (Å²) in [6.45, 7) is 0. The molecule has 0 aliphatic heterocycles. The molecule has 5 heteroatoms. The number of carbonyl (C=O) groups excluding carboxylic acids is 1. The number of anilines is 1. The molecule has 2 aromatic heterocycles. The largest absolute Gasteiger partial charge is 0.497 e. The highest BCUT2D eigenvalue weighted by molar-refractivity contribution is 5.95. The zero-order valence-electron chi connectivity index (χ0n) is 14.9. The molecule has 1 amide bonds. The molecular formula is C22H19N3O2. The Bertz CT molecular complexity index is 1090. The minimum Gasteiger partial charge on any atom is -0.497 e. The van der Waals surface area contributed by atoms with Gasteiger partial charge in [-0.1, -0.05) is 48.5 Å². The number of aromatic nitrogens is 2. The number of fused-ring (bicyclic) bond motifs is 1. The van der Waals surface area contributed by atoms with Crippen LogP contribution in [0.3, 0.4) is 0 Å². The number of benzene rings is 2. The molecule has 27 heavy (non-hydrogen) atoms. The average molecular weight is 357 g/mol. The predicted octanol–water partition coefficient (Wildman–Crippen LogP) is 4.19. The maximum Gasteiger partial charge on any atom is 0.229 e. The lowest BCUT2D eigenvalue weighted by Crippen LogP contribution is -2.16. The number of methoxy groups -OCH3 is 1. The van der Waals surface area contributed by atoms with Crippen molar-refractivity contribution in [2.24, 2.45) is 0 Å². The van der Waals surface area contributed by atoms with E-state index in [1.54, 1.807) is 7.11 Å². The van der Waals surface area contributed by atoms with Crippen molar-refractivity contribution in [3.8, 4) is 17.0 Å². The molecule has 1 N–H and O–H groups in total. The van der Waals surface area contributed by atoms with Gasteiger partial charge in [0.1, 0.15) is 22.9 Å². The average Bonchev–Trinajstić information content (AvgIpc) is 3.07. The highest BCUT2D eigenvalue weighted by atomic mass is 16.5. The number of carbonyl (C=O) groups is 1. The van der Waals surface area contributed by atoms with E-state index in [2.05, 4.69) is 5.32 Å². The van der Waals surface area contributed by atoms with E-state index < -0.39 is 0 Å². The van der Waals surface area contributed by atoms with Crippen LogP contribution in [0.15, 0.2) is 79.0 Å². The van der Waals surface area contributed by atoms with Crippen molar-refractivity contribution >= 4 is 17.4 Å². The summed E-state index contributed by atoms with van der Waals surface area (Å²) in [6.07, 6.45) is 2.20. The standard InChI is InChI=1S/C22H19N3O2/c1-27-18-11-7-10-17(15-18)21-22(25-13-6-5-12-19(25)23-21)24-20(26)14-16-8-3-2-4-9-16/h2-13,15H,14H2,1H3,(H,24,26). The van der Waals surface area contributed by atoms with Crippen LogP contribution >= 0.6 is 0 Å². The van der Waals surface area contributed by atoms with Gasteiger partial charge in [0.05, 0.1) is 13.5 Å². The molecule has 0 radical (unpaired) electrons. The van der Waals surface area contributed by atoms with Gasteiger partial charge < -0.3 is 10.1 Å². The van der Waals surface area contributed by atoms with Crippen molar-refractivity contribution in [2.45, 2.75) is 6.42 Å². The Morgan fingerprint density at radius 1 is 1.04 bits per heavy atom. The maximum absolute atomic E-state index is 12.7. The molecule has 4 rings (SSSR count). The number of ether oxygens (including phenoxy) is 1. The highest BCUT2D eigenvalue weighted by Gasteiger charge is 2.17. The van der Waals surface area contributed by atoms with Gasteiger partial charge in [0.25, 0.3) is 0 Å². The second-order valence-corrected chi connectivity index (χ2v) is 6.18. The first-order chi connectivity index (χ1) is 13.2. The monoisotopic (exact) mass is 357 g/mol. The van der Waals surface area contributed by atoms with Crippen molar-refractivity contribution in [3.05, 3.63) is 84.6 Å². The number of amides is 1. The molecule has 4 aromatic rings. The third-order valence-corrected chi connectivity index (χ3v) is 4.34. The van der Waals surface area contributed by atoms with E-state index in [9.17, 15) is 4.79 Å². The maximum atomic E-state index is 12.7. The highest BCUT2D eigenvalue weighted by Crippen LogP contribution is 2.31. The second-order valence-electron chi connectivity index (χ2n) is 6.18. The number of imidazole rings is 1. The van der Waals surface area contributed by atoms with Gasteiger partial charge in [0.15, 0.2) is 0 Å². The first-order valence-corrected chi connectivity index (χ1v) is 8.70. The normalized spacial score (nSPS) is 10.7. The lowest BCUT2D eigenvalue weighted by molar-refractivity contribution is -0.115. The molecule has 0 spiro atoms. The molecule has 5 nitrogen and oxygen atoms in total. The van der Waals surface area contributed by atoms with Crippen molar-refractivity contribution in [1.82, 2.24) is 9.38 Å². The van der Waals surface area contributed by atoms with Gasteiger partial charge in [-0.15, -0.1) is 0 Å². The van der Waals surface area contributed by atoms with E-state index in [-0.39, 0.29) is 5.91 Å². The lowest BCUT2D eigenvalue weighted by atomic mass is 10.1. The van der Waals surface area contributed by atoms with Gasteiger partial charge in [-0.3, -0.25) is 9.20 Å². The van der Waals surface area contributed by atoms with Crippen molar-refractivity contribution in [1.29, 1.82) is 0 Å². The van der Waals surface area contributed by atoms with Crippen LogP contribution < -0.4 is 10.1 Å². The zero-order chi connectivity index (χ0) is 18.6. The fourth-order valence-electron chi connectivity index (χ4n) is 3.04.